The van der Waals surface area contributed by atoms with Gasteiger partial charge < -0.3 is 15.1 Å². The fraction of sp³-hybridized carbons (Fsp3) is 0.200. The van der Waals surface area contributed by atoms with Gasteiger partial charge in [0.1, 0.15) is 5.58 Å². The monoisotopic (exact) mass is 174 g/mol. The molecule has 66 valence electrons. The van der Waals surface area contributed by atoms with E-state index in [4.69, 9.17) is 4.42 Å². The summed E-state index contributed by atoms with van der Waals surface area (Å²) < 4.78 is 5.32. The van der Waals surface area contributed by atoms with Gasteiger partial charge in [-0.2, -0.15) is 0 Å². The van der Waals surface area contributed by atoms with E-state index in [9.17, 15) is 0 Å². The molecule has 0 bridgehead atoms. The maximum absolute atomic E-state index is 5.32. The number of hydrogen-bond acceptors (Lipinski definition) is 3. The normalized spacial score (nSPS) is 14.8. The Morgan fingerprint density at radius 2 is 1.85 bits per heavy atom. The second kappa shape index (κ2) is 2.42. The average molecular weight is 174 g/mol. The van der Waals surface area contributed by atoms with Crippen LogP contribution in [-0.2, 0) is 0 Å². The second-order valence-corrected chi connectivity index (χ2v) is 3.21. The Kier molecular flexibility index (Phi) is 1.27. The van der Waals surface area contributed by atoms with E-state index >= 15 is 0 Å². The highest BCUT2D eigenvalue weighted by atomic mass is 16.3. The summed E-state index contributed by atoms with van der Waals surface area (Å²) >= 11 is 0. The van der Waals surface area contributed by atoms with Crippen LogP contribution in [0.5, 0.6) is 0 Å². The summed E-state index contributed by atoms with van der Waals surface area (Å²) in [7, 11) is 0. The first-order valence-electron chi connectivity index (χ1n) is 4.42. The second-order valence-electron chi connectivity index (χ2n) is 3.21. The molecule has 0 fully saturated rings. The number of rotatable bonds is 0. The summed E-state index contributed by atoms with van der Waals surface area (Å²) in [5, 5.41) is 7.81. The lowest BCUT2D eigenvalue weighted by atomic mass is 10.2. The third-order valence-electron chi connectivity index (χ3n) is 2.35. The van der Waals surface area contributed by atoms with E-state index in [-0.39, 0.29) is 0 Å². The van der Waals surface area contributed by atoms with Gasteiger partial charge in [0.05, 0.1) is 17.6 Å². The van der Waals surface area contributed by atoms with Crippen LogP contribution in [0.1, 0.15) is 0 Å². The van der Waals surface area contributed by atoms with E-state index in [2.05, 4.69) is 16.7 Å². The molecule has 3 rings (SSSR count). The Morgan fingerprint density at radius 3 is 2.69 bits per heavy atom. The summed E-state index contributed by atoms with van der Waals surface area (Å²) in [6.07, 6.45) is 1.72. The molecule has 0 saturated carbocycles. The molecule has 2 aromatic rings. The lowest BCUT2D eigenvalue weighted by molar-refractivity contribution is 0.616. The van der Waals surface area contributed by atoms with E-state index in [1.54, 1.807) is 6.26 Å². The van der Waals surface area contributed by atoms with Crippen LogP contribution in [0.4, 0.5) is 11.4 Å². The van der Waals surface area contributed by atoms with Gasteiger partial charge in [0.15, 0.2) is 0 Å². The van der Waals surface area contributed by atoms with Crippen molar-refractivity contribution in [3.63, 3.8) is 0 Å². The van der Waals surface area contributed by atoms with Gasteiger partial charge >= 0.3 is 0 Å². The zero-order valence-corrected chi connectivity index (χ0v) is 7.13. The Balaban J connectivity index is 2.28. The zero-order valence-electron chi connectivity index (χ0n) is 7.13. The maximum atomic E-state index is 5.32. The van der Waals surface area contributed by atoms with Gasteiger partial charge in [-0.25, -0.2) is 0 Å². The first-order valence-corrected chi connectivity index (χ1v) is 4.42. The van der Waals surface area contributed by atoms with E-state index in [1.165, 1.54) is 5.69 Å². The predicted molar refractivity (Wildman–Crippen MR) is 53.2 cm³/mol. The van der Waals surface area contributed by atoms with Gasteiger partial charge in [0.2, 0.25) is 0 Å². The quantitative estimate of drug-likeness (QED) is 0.643. The summed E-state index contributed by atoms with van der Waals surface area (Å²) in [5.41, 5.74) is 3.24. The van der Waals surface area contributed by atoms with Crippen molar-refractivity contribution in [3.8, 4) is 0 Å². The largest absolute Gasteiger partial charge is 0.464 e. The highest BCUT2D eigenvalue weighted by Crippen LogP contribution is 2.30. The molecular formula is C10H10N2O. The Labute approximate surface area is 75.7 Å². The van der Waals surface area contributed by atoms with Crippen LogP contribution in [0.25, 0.3) is 11.0 Å². The molecule has 2 N–H and O–H groups in total. The van der Waals surface area contributed by atoms with Crippen molar-refractivity contribution in [1.82, 2.24) is 0 Å². The smallest absolute Gasteiger partial charge is 0.136 e. The van der Waals surface area contributed by atoms with Gasteiger partial charge in [0, 0.05) is 24.5 Å². The molecule has 0 amide bonds. The SMILES string of the molecule is c1cc2cc3c(cc2o1)NCCN3. The topological polar surface area (TPSA) is 37.2 Å². The number of nitrogens with one attached hydrogen (secondary N) is 2. The van der Waals surface area contributed by atoms with Crippen LogP contribution in [-0.4, -0.2) is 13.1 Å². The van der Waals surface area contributed by atoms with Gasteiger partial charge in [-0.05, 0) is 12.1 Å². The number of benzene rings is 1. The van der Waals surface area contributed by atoms with Crippen LogP contribution >= 0.6 is 0 Å². The van der Waals surface area contributed by atoms with Crippen molar-refractivity contribution in [2.45, 2.75) is 0 Å². The molecular weight excluding hydrogens is 164 g/mol. The fourth-order valence-corrected chi connectivity index (χ4v) is 1.70. The third-order valence-corrected chi connectivity index (χ3v) is 2.35. The van der Waals surface area contributed by atoms with E-state index in [0.29, 0.717) is 0 Å². The van der Waals surface area contributed by atoms with Crippen molar-refractivity contribution in [1.29, 1.82) is 0 Å². The molecule has 3 heteroatoms. The number of hydrogen-bond donors (Lipinski definition) is 2. The van der Waals surface area contributed by atoms with Crippen molar-refractivity contribution in [2.75, 3.05) is 23.7 Å². The first kappa shape index (κ1) is 6.83. The van der Waals surface area contributed by atoms with E-state index < -0.39 is 0 Å². The minimum absolute atomic E-state index is 0.940. The molecule has 0 unspecified atom stereocenters. The minimum atomic E-state index is 0.940. The van der Waals surface area contributed by atoms with Crippen molar-refractivity contribution in [2.24, 2.45) is 0 Å². The standard InChI is InChI=1S/C10H10N2O/c1-4-13-10-6-9-8(5-7(1)10)11-2-3-12-9/h1,4-6,11-12H,2-3H2. The summed E-state index contributed by atoms with van der Waals surface area (Å²) in [4.78, 5) is 0. The number of furan rings is 1. The third kappa shape index (κ3) is 0.967. The lowest BCUT2D eigenvalue weighted by Gasteiger charge is -2.19. The Bertz CT molecular complexity index is 407. The number of anilines is 2. The average Bonchev–Trinajstić information content (AvgIpc) is 2.61. The summed E-state index contributed by atoms with van der Waals surface area (Å²) in [5.74, 6) is 0. The van der Waals surface area contributed by atoms with E-state index in [0.717, 1.165) is 29.7 Å². The van der Waals surface area contributed by atoms with Crippen molar-refractivity contribution < 1.29 is 4.42 Å². The molecule has 0 aliphatic carbocycles. The van der Waals surface area contributed by atoms with Gasteiger partial charge in [-0.1, -0.05) is 0 Å². The zero-order chi connectivity index (χ0) is 8.67. The highest BCUT2D eigenvalue weighted by Gasteiger charge is 2.09. The summed E-state index contributed by atoms with van der Waals surface area (Å²) in [6.45, 7) is 1.95. The first-order chi connectivity index (χ1) is 6.43. The molecule has 1 aromatic heterocycles. The predicted octanol–water partition coefficient (Wildman–Crippen LogP) is 2.27. The van der Waals surface area contributed by atoms with Crippen LogP contribution in [0.2, 0.25) is 0 Å². The maximum Gasteiger partial charge on any atom is 0.136 e. The van der Waals surface area contributed by atoms with Crippen LogP contribution in [0.3, 0.4) is 0 Å². The molecule has 1 aliphatic heterocycles. The molecule has 0 atom stereocenters. The van der Waals surface area contributed by atoms with Crippen molar-refractivity contribution in [3.05, 3.63) is 24.5 Å². The van der Waals surface area contributed by atoms with Crippen molar-refractivity contribution >= 4 is 22.3 Å². The van der Waals surface area contributed by atoms with E-state index in [1.807, 2.05) is 12.1 Å². The molecule has 0 spiro atoms. The molecule has 1 aromatic carbocycles. The minimum Gasteiger partial charge on any atom is -0.464 e. The van der Waals surface area contributed by atoms with Crippen LogP contribution < -0.4 is 10.6 Å². The van der Waals surface area contributed by atoms with Gasteiger partial charge in [0.25, 0.3) is 0 Å². The van der Waals surface area contributed by atoms with Gasteiger partial charge in [-0.15, -0.1) is 0 Å². The van der Waals surface area contributed by atoms with Crippen LogP contribution in [0.15, 0.2) is 28.9 Å². The summed E-state index contributed by atoms with van der Waals surface area (Å²) in [6, 6.07) is 6.13. The van der Waals surface area contributed by atoms with Gasteiger partial charge in [-0.3, -0.25) is 0 Å². The molecule has 0 radical (unpaired) electrons. The fourth-order valence-electron chi connectivity index (χ4n) is 1.70. The molecule has 0 saturated heterocycles. The van der Waals surface area contributed by atoms with Crippen LogP contribution in [0, 0.1) is 0 Å². The number of fused-ring (bicyclic) bond motifs is 2. The molecule has 13 heavy (non-hydrogen) atoms. The molecule has 2 heterocycles. The Hall–Kier alpha value is -1.64. The lowest BCUT2D eigenvalue weighted by Crippen LogP contribution is -2.20. The Morgan fingerprint density at radius 1 is 1.08 bits per heavy atom. The highest BCUT2D eigenvalue weighted by molar-refractivity contribution is 5.89. The molecule has 3 nitrogen and oxygen atoms in total. The molecule has 1 aliphatic rings.